The van der Waals surface area contributed by atoms with Crippen LogP contribution in [0.3, 0.4) is 0 Å². The molecule has 0 aliphatic heterocycles. The molecule has 20 heavy (non-hydrogen) atoms. The summed E-state index contributed by atoms with van der Waals surface area (Å²) in [6, 6.07) is 6.05. The lowest BCUT2D eigenvalue weighted by molar-refractivity contribution is -0.157. The van der Waals surface area contributed by atoms with Gasteiger partial charge < -0.3 is 4.74 Å². The highest BCUT2D eigenvalue weighted by atomic mass is 79.9. The lowest BCUT2D eigenvalue weighted by atomic mass is 10.1. The van der Waals surface area contributed by atoms with Crippen LogP contribution in [0, 0.1) is 5.92 Å². The third-order valence-electron chi connectivity index (χ3n) is 3.44. The molecule has 0 spiro atoms. The first-order valence-corrected chi connectivity index (χ1v) is 7.82. The summed E-state index contributed by atoms with van der Waals surface area (Å²) in [7, 11) is 0. The van der Waals surface area contributed by atoms with Crippen LogP contribution in [0.25, 0.3) is 10.1 Å². The summed E-state index contributed by atoms with van der Waals surface area (Å²) in [6.45, 7) is 3.28. The van der Waals surface area contributed by atoms with Crippen molar-refractivity contribution < 1.29 is 14.3 Å². The molecule has 102 valence electrons. The van der Waals surface area contributed by atoms with Crippen LogP contribution in [-0.2, 0) is 14.3 Å². The Bertz CT molecular complexity index is 719. The summed E-state index contributed by atoms with van der Waals surface area (Å²) in [4.78, 5) is 22.8. The lowest BCUT2D eigenvalue weighted by Gasteiger charge is -2.00. The molecule has 1 saturated carbocycles. The van der Waals surface area contributed by atoms with E-state index in [0.717, 1.165) is 17.0 Å². The monoisotopic (exact) mass is 350 g/mol. The number of rotatable bonds is 3. The maximum Gasteiger partial charge on any atom is 0.337 e. The summed E-state index contributed by atoms with van der Waals surface area (Å²) in [5.74, 6) is -1.19. The van der Waals surface area contributed by atoms with Gasteiger partial charge in [-0.15, -0.1) is 11.3 Å². The fraction of sp³-hybridized carbons (Fsp3) is 0.200. The lowest BCUT2D eigenvalue weighted by Crippen LogP contribution is -2.12. The van der Waals surface area contributed by atoms with Crippen LogP contribution in [0.5, 0.6) is 0 Å². The Kier molecular flexibility index (Phi) is 3.48. The minimum absolute atomic E-state index is 0.156. The van der Waals surface area contributed by atoms with Crippen molar-refractivity contribution in [1.29, 1.82) is 0 Å². The minimum Gasteiger partial charge on any atom is -0.390 e. The quantitative estimate of drug-likeness (QED) is 0.477. The summed E-state index contributed by atoms with van der Waals surface area (Å²) in [6.07, 6.45) is 1.74. The largest absolute Gasteiger partial charge is 0.390 e. The van der Waals surface area contributed by atoms with E-state index in [4.69, 9.17) is 0 Å². The van der Waals surface area contributed by atoms with Gasteiger partial charge in [0, 0.05) is 15.2 Å². The molecule has 3 rings (SSSR count). The highest BCUT2D eigenvalue weighted by Crippen LogP contribution is 2.52. The molecule has 1 aromatic carbocycles. The Morgan fingerprint density at radius 3 is 3.00 bits per heavy atom. The van der Waals surface area contributed by atoms with Gasteiger partial charge in [0.05, 0.1) is 5.92 Å². The van der Waals surface area contributed by atoms with Gasteiger partial charge in [-0.3, -0.25) is 4.79 Å². The normalized spacial score (nSPS) is 20.6. The zero-order valence-corrected chi connectivity index (χ0v) is 12.9. The Hall–Kier alpha value is -1.46. The molecule has 2 unspecified atom stereocenters. The maximum absolute atomic E-state index is 11.8. The number of benzene rings is 1. The molecular weight excluding hydrogens is 340 g/mol. The number of ether oxygens (including phenoxy) is 1. The smallest absolute Gasteiger partial charge is 0.337 e. The molecule has 3 nitrogen and oxygen atoms in total. The molecule has 1 heterocycles. The average Bonchev–Trinajstić information content (AvgIpc) is 3.11. The topological polar surface area (TPSA) is 43.4 Å². The molecule has 1 aromatic heterocycles. The number of fused-ring (bicyclic) bond motifs is 1. The first kappa shape index (κ1) is 13.5. The van der Waals surface area contributed by atoms with E-state index in [9.17, 15) is 9.59 Å². The third-order valence-corrected chi connectivity index (χ3v) is 5.41. The van der Waals surface area contributed by atoms with Gasteiger partial charge in [-0.05, 0) is 50.7 Å². The fourth-order valence-corrected chi connectivity index (χ4v) is 4.03. The van der Waals surface area contributed by atoms with Gasteiger partial charge in [0.15, 0.2) is 0 Å². The molecule has 5 heteroatoms. The second-order valence-corrected chi connectivity index (χ2v) is 6.43. The van der Waals surface area contributed by atoms with Crippen molar-refractivity contribution in [3.8, 4) is 0 Å². The van der Waals surface area contributed by atoms with Crippen LogP contribution in [0.15, 0.2) is 40.7 Å². The summed E-state index contributed by atoms with van der Waals surface area (Å²) in [5.41, 5.74) is 1.17. The van der Waals surface area contributed by atoms with E-state index < -0.39 is 11.9 Å². The number of esters is 2. The number of carbonyl (C=O) groups excluding carboxylic acids is 2. The second-order valence-electron chi connectivity index (χ2n) is 4.70. The van der Waals surface area contributed by atoms with E-state index in [2.05, 4.69) is 38.7 Å². The van der Waals surface area contributed by atoms with Crippen molar-refractivity contribution in [3.05, 3.63) is 46.3 Å². The number of hydrogen-bond acceptors (Lipinski definition) is 4. The summed E-state index contributed by atoms with van der Waals surface area (Å²) >= 11 is 5.19. The Balaban J connectivity index is 1.81. The Morgan fingerprint density at radius 2 is 2.25 bits per heavy atom. The van der Waals surface area contributed by atoms with E-state index >= 15 is 0 Å². The van der Waals surface area contributed by atoms with Crippen LogP contribution in [0.4, 0.5) is 0 Å². The van der Waals surface area contributed by atoms with E-state index in [1.165, 1.54) is 15.6 Å². The molecule has 2 aromatic rings. The van der Waals surface area contributed by atoms with Gasteiger partial charge in [0.25, 0.3) is 0 Å². The van der Waals surface area contributed by atoms with E-state index in [0.29, 0.717) is 0 Å². The van der Waals surface area contributed by atoms with Crippen molar-refractivity contribution in [2.24, 2.45) is 5.92 Å². The summed E-state index contributed by atoms with van der Waals surface area (Å²) < 4.78 is 6.93. The first-order valence-electron chi connectivity index (χ1n) is 6.15. The minimum atomic E-state index is -0.682. The number of halogens is 1. The zero-order chi connectivity index (χ0) is 14.3. The molecule has 1 aliphatic carbocycles. The molecule has 0 amide bonds. The number of thiophene rings is 1. The first-order chi connectivity index (χ1) is 9.61. The number of hydrogen-bond donors (Lipinski definition) is 0. The highest BCUT2D eigenvalue weighted by molar-refractivity contribution is 9.10. The average molecular weight is 351 g/mol. The molecule has 0 N–H and O–H groups in total. The molecule has 1 fully saturated rings. The van der Waals surface area contributed by atoms with Crippen LogP contribution >= 0.6 is 27.3 Å². The van der Waals surface area contributed by atoms with Gasteiger partial charge in [0.1, 0.15) is 0 Å². The zero-order valence-electron chi connectivity index (χ0n) is 10.5. The van der Waals surface area contributed by atoms with Crippen molar-refractivity contribution in [3.63, 3.8) is 0 Å². The van der Waals surface area contributed by atoms with Crippen molar-refractivity contribution in [1.82, 2.24) is 0 Å². The Morgan fingerprint density at radius 1 is 1.45 bits per heavy atom. The molecular formula is C15H11BrO3S. The predicted molar refractivity (Wildman–Crippen MR) is 81.7 cm³/mol. The van der Waals surface area contributed by atoms with Crippen LogP contribution in [0.1, 0.15) is 17.9 Å². The van der Waals surface area contributed by atoms with E-state index in [1.807, 2.05) is 12.1 Å². The fourth-order valence-electron chi connectivity index (χ4n) is 2.34. The number of carbonyl (C=O) groups is 2. The standard InChI is InChI=1S/C15H11BrO3S/c1-2-13(17)19-15(18)10-6-9(10)11-7-20-14-8(11)4-3-5-12(14)16/h2-5,7,9-10H,1,6H2. The predicted octanol–water partition coefficient (Wildman–Crippen LogP) is 4.02. The van der Waals surface area contributed by atoms with Gasteiger partial charge in [-0.1, -0.05) is 18.7 Å². The Labute approximate surface area is 128 Å². The molecule has 1 aliphatic rings. The van der Waals surface area contributed by atoms with Crippen LogP contribution < -0.4 is 0 Å². The second kappa shape index (κ2) is 5.14. The van der Waals surface area contributed by atoms with E-state index in [1.54, 1.807) is 11.3 Å². The highest BCUT2D eigenvalue weighted by Gasteiger charge is 2.46. The molecule has 0 bridgehead atoms. The van der Waals surface area contributed by atoms with Crippen LogP contribution in [0.2, 0.25) is 0 Å². The van der Waals surface area contributed by atoms with Crippen LogP contribution in [-0.4, -0.2) is 11.9 Å². The summed E-state index contributed by atoms with van der Waals surface area (Å²) in [5, 5.41) is 3.25. The molecule has 0 radical (unpaired) electrons. The SMILES string of the molecule is C=CC(=O)OC(=O)C1CC1c1csc2c(Br)cccc12. The van der Waals surface area contributed by atoms with Gasteiger partial charge in [0.2, 0.25) is 0 Å². The van der Waals surface area contributed by atoms with Gasteiger partial charge >= 0.3 is 11.9 Å². The van der Waals surface area contributed by atoms with Gasteiger partial charge in [-0.2, -0.15) is 0 Å². The van der Waals surface area contributed by atoms with Crippen molar-refractivity contribution >= 4 is 49.3 Å². The van der Waals surface area contributed by atoms with Crippen molar-refractivity contribution in [2.75, 3.05) is 0 Å². The van der Waals surface area contributed by atoms with Gasteiger partial charge in [-0.25, -0.2) is 4.79 Å². The van der Waals surface area contributed by atoms with Crippen molar-refractivity contribution in [2.45, 2.75) is 12.3 Å². The third kappa shape index (κ3) is 2.31. The maximum atomic E-state index is 11.8. The molecule has 0 saturated heterocycles. The molecule has 2 atom stereocenters. The van der Waals surface area contributed by atoms with E-state index in [-0.39, 0.29) is 11.8 Å².